The molecule has 2 N–H and O–H groups in total. The molecule has 0 amide bonds. The van der Waals surface area contributed by atoms with Gasteiger partial charge in [0.15, 0.2) is 17.5 Å². The van der Waals surface area contributed by atoms with Crippen molar-refractivity contribution in [3.63, 3.8) is 0 Å². The highest BCUT2D eigenvalue weighted by Gasteiger charge is 2.12. The molecule has 0 aliphatic heterocycles. The number of hydrogen-bond donors (Lipinski definition) is 1. The molecule has 0 aromatic carbocycles. The molecule has 15 heavy (non-hydrogen) atoms. The largest absolute Gasteiger partial charge is 0.381 e. The molecule has 0 saturated carbocycles. The van der Waals surface area contributed by atoms with E-state index in [0.29, 0.717) is 0 Å². The van der Waals surface area contributed by atoms with Gasteiger partial charge < -0.3 is 5.73 Å². The van der Waals surface area contributed by atoms with Gasteiger partial charge in [0.1, 0.15) is 11.3 Å². The topological polar surface area (TPSA) is 69.6 Å². The molecule has 0 atom stereocenters. The second-order valence-corrected chi connectivity index (χ2v) is 3.31. The van der Waals surface area contributed by atoms with Crippen molar-refractivity contribution in [2.75, 3.05) is 5.73 Å². The number of nitrogens with two attached hydrogens (primary N) is 1. The molecule has 2 rings (SSSR count). The lowest BCUT2D eigenvalue weighted by molar-refractivity contribution is 0.582. The van der Waals surface area contributed by atoms with Crippen LogP contribution in [0.4, 0.5) is 10.2 Å². The Labute approximate surface area is 89.7 Å². The molecule has 0 aliphatic rings. The van der Waals surface area contributed by atoms with Gasteiger partial charge in [0.05, 0.1) is 11.9 Å². The normalized spacial score (nSPS) is 10.6. The van der Waals surface area contributed by atoms with Crippen molar-refractivity contribution in [3.8, 4) is 5.82 Å². The van der Waals surface area contributed by atoms with Gasteiger partial charge in [-0.3, -0.25) is 0 Å². The van der Waals surface area contributed by atoms with Crippen LogP contribution in [0.15, 0.2) is 12.5 Å². The minimum atomic E-state index is -0.545. The fraction of sp³-hybridized carbons (Fsp3) is 0.125. The highest BCUT2D eigenvalue weighted by Crippen LogP contribution is 2.19. The molecule has 0 unspecified atom stereocenters. The summed E-state index contributed by atoms with van der Waals surface area (Å²) in [6.45, 7) is 1.54. The number of rotatable bonds is 1. The maximum atomic E-state index is 13.6. The van der Waals surface area contributed by atoms with Crippen molar-refractivity contribution in [3.05, 3.63) is 29.1 Å². The fourth-order valence-corrected chi connectivity index (χ4v) is 1.21. The van der Waals surface area contributed by atoms with Gasteiger partial charge in [-0.2, -0.15) is 0 Å². The first kappa shape index (κ1) is 9.85. The molecule has 0 aliphatic carbocycles. The molecule has 2 heterocycles. The van der Waals surface area contributed by atoms with Gasteiger partial charge in [0, 0.05) is 0 Å². The lowest BCUT2D eigenvalue weighted by Crippen LogP contribution is -2.05. The summed E-state index contributed by atoms with van der Waals surface area (Å²) in [5.41, 5.74) is 5.68. The number of aryl methyl sites for hydroxylation is 1. The van der Waals surface area contributed by atoms with Gasteiger partial charge in [-0.15, -0.1) is 5.10 Å². The zero-order chi connectivity index (χ0) is 11.0. The third kappa shape index (κ3) is 1.63. The second-order valence-electron chi connectivity index (χ2n) is 2.90. The highest BCUT2D eigenvalue weighted by atomic mass is 35.5. The monoisotopic (exact) mass is 227 g/mol. The summed E-state index contributed by atoms with van der Waals surface area (Å²) in [7, 11) is 0. The SMILES string of the molecule is Cc1ncnc(-n2cc(Cl)c(N)n2)c1F. The van der Waals surface area contributed by atoms with Crippen molar-refractivity contribution in [2.45, 2.75) is 6.92 Å². The summed E-state index contributed by atoms with van der Waals surface area (Å²) in [6.07, 6.45) is 2.64. The van der Waals surface area contributed by atoms with E-state index in [9.17, 15) is 4.39 Å². The van der Waals surface area contributed by atoms with E-state index in [1.807, 2.05) is 0 Å². The number of anilines is 1. The zero-order valence-electron chi connectivity index (χ0n) is 7.78. The van der Waals surface area contributed by atoms with Crippen molar-refractivity contribution in [2.24, 2.45) is 0 Å². The van der Waals surface area contributed by atoms with Crippen molar-refractivity contribution >= 4 is 17.4 Å². The quantitative estimate of drug-likeness (QED) is 0.798. The Morgan fingerprint density at radius 2 is 2.20 bits per heavy atom. The molecule has 0 spiro atoms. The van der Waals surface area contributed by atoms with Gasteiger partial charge in [0.2, 0.25) is 0 Å². The van der Waals surface area contributed by atoms with E-state index in [4.69, 9.17) is 17.3 Å². The Balaban J connectivity index is 2.59. The summed E-state index contributed by atoms with van der Waals surface area (Å²) in [4.78, 5) is 7.47. The minimum absolute atomic E-state index is 0.0288. The van der Waals surface area contributed by atoms with E-state index in [1.54, 1.807) is 0 Å². The van der Waals surface area contributed by atoms with E-state index in [0.717, 1.165) is 0 Å². The maximum Gasteiger partial charge on any atom is 0.193 e. The molecule has 7 heteroatoms. The zero-order valence-corrected chi connectivity index (χ0v) is 8.53. The van der Waals surface area contributed by atoms with Crippen LogP contribution in [-0.2, 0) is 0 Å². The van der Waals surface area contributed by atoms with Crippen LogP contribution >= 0.6 is 11.6 Å². The Morgan fingerprint density at radius 1 is 1.47 bits per heavy atom. The van der Waals surface area contributed by atoms with Crippen molar-refractivity contribution in [1.82, 2.24) is 19.7 Å². The number of aromatic nitrogens is 4. The molecule has 2 aromatic rings. The van der Waals surface area contributed by atoms with Crippen LogP contribution in [0, 0.1) is 12.7 Å². The molecule has 0 fully saturated rings. The lowest BCUT2D eigenvalue weighted by Gasteiger charge is -2.02. The van der Waals surface area contributed by atoms with Gasteiger partial charge in [-0.05, 0) is 6.92 Å². The number of nitrogens with zero attached hydrogens (tertiary/aromatic N) is 4. The summed E-state index contributed by atoms with van der Waals surface area (Å²) in [5, 5.41) is 4.07. The van der Waals surface area contributed by atoms with E-state index < -0.39 is 5.82 Å². The molecule has 5 nitrogen and oxygen atoms in total. The molecule has 0 radical (unpaired) electrons. The van der Waals surface area contributed by atoms with Crippen LogP contribution in [0.1, 0.15) is 5.69 Å². The van der Waals surface area contributed by atoms with E-state index >= 15 is 0 Å². The smallest absolute Gasteiger partial charge is 0.193 e. The average molecular weight is 228 g/mol. The first-order valence-electron chi connectivity index (χ1n) is 4.07. The van der Waals surface area contributed by atoms with Crippen LogP contribution < -0.4 is 5.73 Å². The molecule has 2 aromatic heterocycles. The van der Waals surface area contributed by atoms with Gasteiger partial charge >= 0.3 is 0 Å². The van der Waals surface area contributed by atoms with E-state index in [1.165, 1.54) is 24.1 Å². The Bertz CT molecular complexity index is 490. The lowest BCUT2D eigenvalue weighted by atomic mass is 10.4. The van der Waals surface area contributed by atoms with Crippen LogP contribution in [-0.4, -0.2) is 19.7 Å². The Hall–Kier alpha value is -1.69. The summed E-state index contributed by atoms with van der Waals surface area (Å²) >= 11 is 5.70. The Kier molecular flexibility index (Phi) is 2.28. The molecule has 0 bridgehead atoms. The van der Waals surface area contributed by atoms with Crippen LogP contribution in [0.3, 0.4) is 0 Å². The third-order valence-electron chi connectivity index (χ3n) is 1.86. The van der Waals surface area contributed by atoms with Gasteiger partial charge in [0.25, 0.3) is 0 Å². The third-order valence-corrected chi connectivity index (χ3v) is 2.15. The first-order chi connectivity index (χ1) is 7.09. The standard InChI is InChI=1S/C8H7ClFN5/c1-4-6(10)8(13-3-12-4)15-2-5(9)7(11)14-15/h2-3H,1H3,(H2,11,14). The minimum Gasteiger partial charge on any atom is -0.381 e. The van der Waals surface area contributed by atoms with E-state index in [-0.39, 0.29) is 22.4 Å². The van der Waals surface area contributed by atoms with E-state index in [2.05, 4.69) is 15.1 Å². The van der Waals surface area contributed by atoms with Crippen LogP contribution in [0.25, 0.3) is 5.82 Å². The predicted octanol–water partition coefficient (Wildman–Crippen LogP) is 1.35. The van der Waals surface area contributed by atoms with Crippen molar-refractivity contribution in [1.29, 1.82) is 0 Å². The molecular weight excluding hydrogens is 221 g/mol. The number of nitrogen functional groups attached to an aromatic ring is 1. The average Bonchev–Trinajstić information content (AvgIpc) is 2.51. The highest BCUT2D eigenvalue weighted by molar-refractivity contribution is 6.32. The van der Waals surface area contributed by atoms with Crippen LogP contribution in [0.5, 0.6) is 0 Å². The Morgan fingerprint density at radius 3 is 2.80 bits per heavy atom. The summed E-state index contributed by atoms with van der Waals surface area (Å²) in [6, 6.07) is 0. The molecule has 78 valence electrons. The number of halogens is 2. The summed E-state index contributed by atoms with van der Waals surface area (Å²) < 4.78 is 14.7. The summed E-state index contributed by atoms with van der Waals surface area (Å²) in [5.74, 6) is -0.384. The predicted molar refractivity (Wildman–Crippen MR) is 53.3 cm³/mol. The van der Waals surface area contributed by atoms with Crippen molar-refractivity contribution < 1.29 is 4.39 Å². The van der Waals surface area contributed by atoms with Crippen LogP contribution in [0.2, 0.25) is 5.02 Å². The molecule has 0 saturated heterocycles. The van der Waals surface area contributed by atoms with Gasteiger partial charge in [-0.1, -0.05) is 11.6 Å². The van der Waals surface area contributed by atoms with Gasteiger partial charge in [-0.25, -0.2) is 19.0 Å². The maximum absolute atomic E-state index is 13.6. The molecular formula is C8H7ClFN5. The second kappa shape index (κ2) is 3.47. The first-order valence-corrected chi connectivity index (χ1v) is 4.45. The fourth-order valence-electron chi connectivity index (χ4n) is 1.08. The number of hydrogen-bond acceptors (Lipinski definition) is 4.